The van der Waals surface area contributed by atoms with E-state index in [2.05, 4.69) is 6.92 Å². The first-order valence-electron chi connectivity index (χ1n) is 5.96. The van der Waals surface area contributed by atoms with Crippen LogP contribution in [-0.2, 0) is 14.3 Å². The van der Waals surface area contributed by atoms with Crippen molar-refractivity contribution in [1.29, 1.82) is 0 Å². The van der Waals surface area contributed by atoms with Gasteiger partial charge in [0, 0.05) is 24.7 Å². The molecule has 1 heterocycles. The lowest BCUT2D eigenvalue weighted by molar-refractivity contribution is -0.229. The third kappa shape index (κ3) is 1.16. The summed E-state index contributed by atoms with van der Waals surface area (Å²) in [6.07, 6.45) is 4.45. The lowest BCUT2D eigenvalue weighted by atomic mass is 9.67. The summed E-state index contributed by atoms with van der Waals surface area (Å²) in [5.41, 5.74) is 0.0808. The highest BCUT2D eigenvalue weighted by atomic mass is 16.7. The van der Waals surface area contributed by atoms with Crippen LogP contribution in [0.5, 0.6) is 0 Å². The monoisotopic (exact) mass is 210 g/mol. The van der Waals surface area contributed by atoms with Gasteiger partial charge in [-0.3, -0.25) is 4.79 Å². The van der Waals surface area contributed by atoms with Gasteiger partial charge in [0.1, 0.15) is 5.78 Å². The van der Waals surface area contributed by atoms with Crippen molar-refractivity contribution in [1.82, 2.24) is 0 Å². The molecule has 0 aromatic carbocycles. The second kappa shape index (κ2) is 3.05. The van der Waals surface area contributed by atoms with E-state index in [4.69, 9.17) is 9.47 Å². The Labute approximate surface area is 90.1 Å². The molecular formula is C12H18O3. The summed E-state index contributed by atoms with van der Waals surface area (Å²) in [5.74, 6) is 0.558. The van der Waals surface area contributed by atoms with Gasteiger partial charge in [-0.15, -0.1) is 0 Å². The Hall–Kier alpha value is -0.410. The molecule has 3 nitrogen and oxygen atoms in total. The molecular weight excluding hydrogens is 192 g/mol. The largest absolute Gasteiger partial charge is 0.347 e. The minimum absolute atomic E-state index is 0.0808. The first kappa shape index (κ1) is 9.79. The molecule has 3 heteroatoms. The summed E-state index contributed by atoms with van der Waals surface area (Å²) in [4.78, 5) is 11.5. The molecule has 0 N–H and O–H groups in total. The van der Waals surface area contributed by atoms with Gasteiger partial charge in [-0.1, -0.05) is 6.92 Å². The quantitative estimate of drug-likeness (QED) is 0.612. The normalized spacial score (nSPS) is 43.5. The van der Waals surface area contributed by atoms with Crippen molar-refractivity contribution >= 4 is 5.78 Å². The average Bonchev–Trinajstić information content (AvgIpc) is 2.78. The third-order valence-corrected chi connectivity index (χ3v) is 4.74. The fourth-order valence-corrected chi connectivity index (χ4v) is 3.71. The van der Waals surface area contributed by atoms with Crippen molar-refractivity contribution < 1.29 is 14.3 Å². The van der Waals surface area contributed by atoms with E-state index < -0.39 is 0 Å². The predicted molar refractivity (Wildman–Crippen MR) is 54.3 cm³/mol. The number of hydrogen-bond acceptors (Lipinski definition) is 3. The van der Waals surface area contributed by atoms with Crippen molar-refractivity contribution in [3.8, 4) is 0 Å². The van der Waals surface area contributed by atoms with Gasteiger partial charge in [0.15, 0.2) is 5.79 Å². The smallest absolute Gasteiger partial charge is 0.174 e. The molecule has 84 valence electrons. The molecule has 2 saturated carbocycles. The number of ether oxygens (including phenoxy) is 2. The van der Waals surface area contributed by atoms with Gasteiger partial charge in [-0.2, -0.15) is 0 Å². The predicted octanol–water partition coefficient (Wildman–Crippen LogP) is 1.90. The molecule has 3 rings (SSSR count). The Bertz CT molecular complexity index is 293. The molecule has 1 saturated heterocycles. The first-order chi connectivity index (χ1) is 7.16. The van der Waals surface area contributed by atoms with Gasteiger partial charge in [-0.05, 0) is 18.8 Å². The molecule has 0 aromatic heterocycles. The van der Waals surface area contributed by atoms with E-state index in [-0.39, 0.29) is 11.2 Å². The molecule has 1 aliphatic heterocycles. The first-order valence-corrected chi connectivity index (χ1v) is 5.96. The highest BCUT2D eigenvalue weighted by molar-refractivity contribution is 5.79. The number of rotatable bonds is 0. The van der Waals surface area contributed by atoms with Gasteiger partial charge in [0.05, 0.1) is 13.2 Å². The van der Waals surface area contributed by atoms with E-state index >= 15 is 0 Å². The molecule has 0 aromatic rings. The number of fused-ring (bicyclic) bond motifs is 2. The highest BCUT2D eigenvalue weighted by Gasteiger charge is 2.62. The van der Waals surface area contributed by atoms with Crippen LogP contribution >= 0.6 is 0 Å². The van der Waals surface area contributed by atoms with Crippen molar-refractivity contribution in [3.63, 3.8) is 0 Å². The number of Topliss-reactive ketones (excluding diaryl/α,β-unsaturated/α-hetero) is 1. The zero-order chi connectivity index (χ0) is 10.5. The second-order valence-corrected chi connectivity index (χ2v) is 5.35. The molecule has 3 aliphatic rings. The fourth-order valence-electron chi connectivity index (χ4n) is 3.71. The lowest BCUT2D eigenvalue weighted by Gasteiger charge is -2.44. The summed E-state index contributed by atoms with van der Waals surface area (Å²) in [5, 5.41) is 0. The third-order valence-electron chi connectivity index (χ3n) is 4.74. The van der Waals surface area contributed by atoms with E-state index in [0.717, 1.165) is 38.9 Å². The minimum Gasteiger partial charge on any atom is -0.347 e. The average molecular weight is 210 g/mol. The molecule has 1 spiro atoms. The van der Waals surface area contributed by atoms with E-state index in [9.17, 15) is 4.79 Å². The standard InChI is InChI=1S/C12H18O3/c1-11-4-3-10(13)8-9(11)2-5-12(11)14-6-7-15-12/h9H,2-8H2,1H3. The summed E-state index contributed by atoms with van der Waals surface area (Å²) in [6.45, 7) is 3.69. The maximum atomic E-state index is 11.5. The molecule has 2 aliphatic carbocycles. The zero-order valence-electron chi connectivity index (χ0n) is 9.25. The van der Waals surface area contributed by atoms with Crippen LogP contribution in [0.2, 0.25) is 0 Å². The number of hydrogen-bond donors (Lipinski definition) is 0. The lowest BCUT2D eigenvalue weighted by Crippen LogP contribution is -2.48. The number of carbonyl (C=O) groups excluding carboxylic acids is 1. The van der Waals surface area contributed by atoms with E-state index in [1.54, 1.807) is 0 Å². The molecule has 3 fully saturated rings. The van der Waals surface area contributed by atoms with Crippen LogP contribution < -0.4 is 0 Å². The molecule has 0 amide bonds. The van der Waals surface area contributed by atoms with Crippen LogP contribution in [0.15, 0.2) is 0 Å². The maximum absolute atomic E-state index is 11.5. The fraction of sp³-hybridized carbons (Fsp3) is 0.917. The van der Waals surface area contributed by atoms with E-state index in [1.165, 1.54) is 0 Å². The minimum atomic E-state index is -0.349. The van der Waals surface area contributed by atoms with Gasteiger partial charge in [0.2, 0.25) is 0 Å². The van der Waals surface area contributed by atoms with Gasteiger partial charge < -0.3 is 9.47 Å². The Kier molecular flexibility index (Phi) is 1.99. The Morgan fingerprint density at radius 1 is 1.27 bits per heavy atom. The summed E-state index contributed by atoms with van der Waals surface area (Å²) in [7, 11) is 0. The maximum Gasteiger partial charge on any atom is 0.174 e. The van der Waals surface area contributed by atoms with Crippen molar-refractivity contribution in [3.05, 3.63) is 0 Å². The van der Waals surface area contributed by atoms with Crippen molar-refractivity contribution in [2.45, 2.75) is 44.8 Å². The summed E-state index contributed by atoms with van der Waals surface area (Å²) in [6, 6.07) is 0. The van der Waals surface area contributed by atoms with Crippen LogP contribution in [0.4, 0.5) is 0 Å². The Balaban J connectivity index is 1.92. The molecule has 2 atom stereocenters. The second-order valence-electron chi connectivity index (χ2n) is 5.35. The molecule has 2 unspecified atom stereocenters. The number of ketones is 1. The topological polar surface area (TPSA) is 35.5 Å². The molecule has 0 radical (unpaired) electrons. The summed E-state index contributed by atoms with van der Waals surface area (Å²) >= 11 is 0. The molecule has 0 bridgehead atoms. The van der Waals surface area contributed by atoms with E-state index in [0.29, 0.717) is 18.1 Å². The highest BCUT2D eigenvalue weighted by Crippen LogP contribution is 2.59. The summed E-state index contributed by atoms with van der Waals surface area (Å²) < 4.78 is 11.8. The van der Waals surface area contributed by atoms with Crippen molar-refractivity contribution in [2.24, 2.45) is 11.3 Å². The van der Waals surface area contributed by atoms with E-state index in [1.807, 2.05) is 0 Å². The van der Waals surface area contributed by atoms with Gasteiger partial charge in [0.25, 0.3) is 0 Å². The number of carbonyl (C=O) groups is 1. The van der Waals surface area contributed by atoms with Crippen LogP contribution in [0, 0.1) is 11.3 Å². The molecule has 15 heavy (non-hydrogen) atoms. The zero-order valence-corrected chi connectivity index (χ0v) is 9.25. The van der Waals surface area contributed by atoms with Crippen LogP contribution in [-0.4, -0.2) is 24.8 Å². The Morgan fingerprint density at radius 2 is 2.00 bits per heavy atom. The van der Waals surface area contributed by atoms with Crippen LogP contribution in [0.25, 0.3) is 0 Å². The Morgan fingerprint density at radius 3 is 2.73 bits per heavy atom. The van der Waals surface area contributed by atoms with Crippen LogP contribution in [0.3, 0.4) is 0 Å². The van der Waals surface area contributed by atoms with Gasteiger partial charge >= 0.3 is 0 Å². The van der Waals surface area contributed by atoms with Crippen molar-refractivity contribution in [2.75, 3.05) is 13.2 Å². The SMILES string of the molecule is CC12CCC(=O)CC1CCC21OCCO1. The van der Waals surface area contributed by atoms with Gasteiger partial charge in [-0.25, -0.2) is 0 Å². The van der Waals surface area contributed by atoms with Crippen LogP contribution in [0.1, 0.15) is 39.0 Å².